The van der Waals surface area contributed by atoms with Crippen LogP contribution in [0.25, 0.3) is 0 Å². The van der Waals surface area contributed by atoms with Crippen molar-refractivity contribution in [1.29, 1.82) is 0 Å². The molecule has 0 spiro atoms. The third-order valence-electron chi connectivity index (χ3n) is 5.99. The normalized spacial score (nSPS) is 15.9. The zero-order valence-corrected chi connectivity index (χ0v) is 19.1. The number of rotatable bonds is 7. The highest BCUT2D eigenvalue weighted by Gasteiger charge is 2.27. The van der Waals surface area contributed by atoms with Gasteiger partial charge in [0.25, 0.3) is 11.5 Å². The van der Waals surface area contributed by atoms with Crippen LogP contribution in [0.1, 0.15) is 93.8 Å². The van der Waals surface area contributed by atoms with Crippen molar-refractivity contribution in [3.8, 4) is 0 Å². The van der Waals surface area contributed by atoms with Crippen molar-refractivity contribution in [3.63, 3.8) is 0 Å². The molecule has 1 aliphatic rings. The molecule has 1 amide bonds. The van der Waals surface area contributed by atoms with Gasteiger partial charge in [-0.1, -0.05) is 52.9 Å². The molecule has 0 saturated carbocycles. The first-order valence-electron chi connectivity index (χ1n) is 11.5. The van der Waals surface area contributed by atoms with Gasteiger partial charge in [-0.05, 0) is 49.7 Å². The van der Waals surface area contributed by atoms with Crippen LogP contribution in [-0.2, 0) is 28.9 Å². The Morgan fingerprint density at radius 1 is 1.10 bits per heavy atom. The van der Waals surface area contributed by atoms with Gasteiger partial charge >= 0.3 is 5.97 Å². The lowest BCUT2D eigenvalue weighted by molar-refractivity contribution is -0.144. The number of nitrogens with zero attached hydrogens (tertiary/aromatic N) is 1. The van der Waals surface area contributed by atoms with Crippen molar-refractivity contribution in [3.05, 3.63) is 33.2 Å². The van der Waals surface area contributed by atoms with Gasteiger partial charge in [-0.3, -0.25) is 9.59 Å². The minimum absolute atomic E-state index is 0.136. The number of hydrogen-bond acceptors (Lipinski definition) is 4. The molecule has 0 saturated heterocycles. The number of aryl methyl sites for hydroxylation is 1. The summed E-state index contributed by atoms with van der Waals surface area (Å²) in [5.41, 5.74) is 2.10. The van der Waals surface area contributed by atoms with Gasteiger partial charge in [0.1, 0.15) is 11.6 Å². The third kappa shape index (κ3) is 6.19. The van der Waals surface area contributed by atoms with Crippen LogP contribution in [0.4, 0.5) is 0 Å². The van der Waals surface area contributed by atoms with Gasteiger partial charge in [-0.25, -0.2) is 4.79 Å². The number of unbranched alkanes of at least 4 members (excludes halogenated alkanes) is 1. The van der Waals surface area contributed by atoms with Crippen molar-refractivity contribution >= 4 is 11.9 Å². The Hall–Kier alpha value is -2.11. The maximum Gasteiger partial charge on any atom is 0.328 e. The zero-order valence-electron chi connectivity index (χ0n) is 19.1. The molecule has 1 unspecified atom stereocenters. The minimum atomic E-state index is -0.778. The summed E-state index contributed by atoms with van der Waals surface area (Å²) in [5.74, 6) is -1.13. The van der Waals surface area contributed by atoms with E-state index in [-0.39, 0.29) is 17.0 Å². The van der Waals surface area contributed by atoms with Crippen LogP contribution in [0.15, 0.2) is 10.9 Å². The summed E-state index contributed by atoms with van der Waals surface area (Å²) in [6.45, 7) is 6.41. The number of carbonyl (C=O) groups excluding carboxylic acids is 2. The molecular formula is C24H38N2O4. The number of esters is 1. The van der Waals surface area contributed by atoms with E-state index in [1.807, 2.05) is 18.4 Å². The Morgan fingerprint density at radius 3 is 2.33 bits per heavy atom. The summed E-state index contributed by atoms with van der Waals surface area (Å²) in [6, 6.07) is 1.01. The second-order valence-corrected chi connectivity index (χ2v) is 8.68. The van der Waals surface area contributed by atoms with E-state index in [1.165, 1.54) is 32.8 Å². The molecule has 0 fully saturated rings. The highest BCUT2D eigenvalue weighted by atomic mass is 16.5. The van der Waals surface area contributed by atoms with Crippen LogP contribution in [-0.4, -0.2) is 29.6 Å². The zero-order chi connectivity index (χ0) is 22.1. The van der Waals surface area contributed by atoms with Crippen LogP contribution >= 0.6 is 0 Å². The molecule has 1 aromatic rings. The first-order chi connectivity index (χ1) is 14.4. The molecule has 30 heavy (non-hydrogen) atoms. The molecule has 2 rings (SSSR count). The number of ether oxygens (including phenoxy) is 1. The molecule has 1 atom stereocenters. The number of hydrogen-bond donors (Lipinski definition) is 1. The summed E-state index contributed by atoms with van der Waals surface area (Å²) >= 11 is 0. The number of methoxy groups -OCH3 is 1. The minimum Gasteiger partial charge on any atom is -0.467 e. The van der Waals surface area contributed by atoms with Gasteiger partial charge in [-0.15, -0.1) is 0 Å². The Morgan fingerprint density at radius 2 is 1.73 bits per heavy atom. The van der Waals surface area contributed by atoms with Gasteiger partial charge in [-0.2, -0.15) is 0 Å². The molecule has 1 aliphatic carbocycles. The fraction of sp³-hybridized carbons (Fsp3) is 0.708. The van der Waals surface area contributed by atoms with E-state index < -0.39 is 17.9 Å². The molecule has 0 bridgehead atoms. The van der Waals surface area contributed by atoms with Gasteiger partial charge in [0, 0.05) is 12.2 Å². The highest BCUT2D eigenvalue weighted by Crippen LogP contribution is 2.20. The van der Waals surface area contributed by atoms with Crippen molar-refractivity contribution in [2.75, 3.05) is 7.11 Å². The van der Waals surface area contributed by atoms with E-state index in [0.29, 0.717) is 6.54 Å². The molecule has 1 N–H and O–H groups in total. The summed E-state index contributed by atoms with van der Waals surface area (Å²) in [5, 5.41) is 2.74. The Bertz CT molecular complexity index is 782. The molecule has 6 heteroatoms. The topological polar surface area (TPSA) is 77.4 Å². The molecule has 0 aliphatic heterocycles. The molecule has 6 nitrogen and oxygen atoms in total. The van der Waals surface area contributed by atoms with Crippen LogP contribution in [0, 0.1) is 5.92 Å². The summed E-state index contributed by atoms with van der Waals surface area (Å²) in [6.07, 6.45) is 10.6. The largest absolute Gasteiger partial charge is 0.467 e. The average molecular weight is 419 g/mol. The third-order valence-corrected chi connectivity index (χ3v) is 5.99. The summed E-state index contributed by atoms with van der Waals surface area (Å²) in [4.78, 5) is 38.5. The van der Waals surface area contributed by atoms with E-state index >= 15 is 0 Å². The maximum absolute atomic E-state index is 13.3. The van der Waals surface area contributed by atoms with Gasteiger partial charge < -0.3 is 14.6 Å². The second kappa shape index (κ2) is 11.9. The fourth-order valence-corrected chi connectivity index (χ4v) is 4.15. The van der Waals surface area contributed by atoms with Gasteiger partial charge in [0.05, 0.1) is 7.11 Å². The van der Waals surface area contributed by atoms with Crippen molar-refractivity contribution < 1.29 is 14.3 Å². The molecule has 0 aromatic carbocycles. The number of amides is 1. The van der Waals surface area contributed by atoms with E-state index in [2.05, 4.69) is 12.2 Å². The maximum atomic E-state index is 13.3. The molecule has 1 heterocycles. The number of pyridine rings is 1. The second-order valence-electron chi connectivity index (χ2n) is 8.68. The lowest BCUT2D eigenvalue weighted by Gasteiger charge is -2.22. The van der Waals surface area contributed by atoms with Crippen LogP contribution in [0.2, 0.25) is 0 Å². The van der Waals surface area contributed by atoms with E-state index in [0.717, 1.165) is 49.8 Å². The monoisotopic (exact) mass is 418 g/mol. The van der Waals surface area contributed by atoms with Gasteiger partial charge in [0.15, 0.2) is 0 Å². The standard InChI is InChI=1S/C24H38N2O4/c1-5-6-15-26-20-14-12-10-8-7-9-11-13-18(20)16-19(23(26)28)22(27)25-21(17(2)3)24(29)30-4/h16-17,21H,5-15H2,1-4H3,(H,25,27). The van der Waals surface area contributed by atoms with E-state index in [1.54, 1.807) is 6.07 Å². The lowest BCUT2D eigenvalue weighted by Crippen LogP contribution is -2.47. The predicted molar refractivity (Wildman–Crippen MR) is 119 cm³/mol. The van der Waals surface area contributed by atoms with Crippen molar-refractivity contribution in [2.45, 2.75) is 97.6 Å². The smallest absolute Gasteiger partial charge is 0.328 e. The Kier molecular flexibility index (Phi) is 9.60. The predicted octanol–water partition coefficient (Wildman–Crippen LogP) is 4.02. The molecule has 1 aromatic heterocycles. The van der Waals surface area contributed by atoms with Crippen molar-refractivity contribution in [1.82, 2.24) is 9.88 Å². The SMILES string of the molecule is CCCCn1c2c(cc(C(=O)NC(C(=O)OC)C(C)C)c1=O)CCCCCCCC2. The van der Waals surface area contributed by atoms with Crippen LogP contribution in [0.3, 0.4) is 0 Å². The van der Waals surface area contributed by atoms with Crippen LogP contribution in [0.5, 0.6) is 0 Å². The Balaban J connectivity index is 2.46. The first kappa shape index (κ1) is 24.2. The quantitative estimate of drug-likeness (QED) is 0.679. The number of fused-ring (bicyclic) bond motifs is 1. The average Bonchev–Trinajstić information content (AvgIpc) is 2.73. The van der Waals surface area contributed by atoms with Gasteiger partial charge in [0.2, 0.25) is 0 Å². The highest BCUT2D eigenvalue weighted by molar-refractivity contribution is 5.96. The molecular weight excluding hydrogens is 380 g/mol. The number of carbonyl (C=O) groups is 2. The Labute approximate surface area is 180 Å². The van der Waals surface area contributed by atoms with Crippen molar-refractivity contribution in [2.24, 2.45) is 5.92 Å². The first-order valence-corrected chi connectivity index (χ1v) is 11.5. The van der Waals surface area contributed by atoms with E-state index in [9.17, 15) is 14.4 Å². The number of nitrogens with one attached hydrogen (secondary N) is 1. The fourth-order valence-electron chi connectivity index (χ4n) is 4.15. The van der Waals surface area contributed by atoms with Crippen LogP contribution < -0.4 is 10.9 Å². The van der Waals surface area contributed by atoms with E-state index in [4.69, 9.17) is 4.74 Å². The molecule has 168 valence electrons. The lowest BCUT2D eigenvalue weighted by atomic mass is 9.95. The number of aromatic nitrogens is 1. The summed E-state index contributed by atoms with van der Waals surface area (Å²) in [7, 11) is 1.30. The molecule has 0 radical (unpaired) electrons. The summed E-state index contributed by atoms with van der Waals surface area (Å²) < 4.78 is 6.66.